The quantitative estimate of drug-likeness (QED) is 0.105. The molecule has 0 aromatic heterocycles. The fourth-order valence-electron chi connectivity index (χ4n) is 7.95. The van der Waals surface area contributed by atoms with E-state index in [2.05, 4.69) is 122 Å². The van der Waals surface area contributed by atoms with Crippen LogP contribution >= 0.6 is 15.9 Å². The minimum atomic E-state index is -1.94. The Bertz CT molecular complexity index is 2070. The molecule has 2 nitrogen and oxygen atoms in total. The third-order valence-corrected chi connectivity index (χ3v) is 24.0. The second kappa shape index (κ2) is 22.2. The Hall–Kier alpha value is -3.52. The molecule has 0 aliphatic carbocycles. The van der Waals surface area contributed by atoms with Gasteiger partial charge in [-0.25, -0.2) is 26.3 Å². The van der Waals surface area contributed by atoms with Gasteiger partial charge in [0.25, 0.3) is 0 Å². The third-order valence-electron chi connectivity index (χ3n) is 11.0. The van der Waals surface area contributed by atoms with Crippen molar-refractivity contribution in [2.24, 2.45) is 0 Å². The van der Waals surface area contributed by atoms with Crippen molar-refractivity contribution >= 4 is 44.7 Å². The van der Waals surface area contributed by atoms with Crippen molar-refractivity contribution in [2.75, 3.05) is 0 Å². The van der Waals surface area contributed by atoms with Gasteiger partial charge in [0, 0.05) is 4.47 Å². The van der Waals surface area contributed by atoms with Crippen LogP contribution in [0.1, 0.15) is 94.2 Å². The summed E-state index contributed by atoms with van der Waals surface area (Å²) in [7, 11) is -5.49. The molecule has 0 fully saturated rings. The van der Waals surface area contributed by atoms with E-state index in [1.807, 2.05) is 6.07 Å². The summed E-state index contributed by atoms with van der Waals surface area (Å²) in [5.74, 6) is 1.60. The molecule has 2 N–H and O–H groups in total. The van der Waals surface area contributed by atoms with Crippen molar-refractivity contribution in [1.29, 1.82) is 0 Å². The smallest absolute Gasteiger partial charge is 0.423 e. The van der Waals surface area contributed by atoms with E-state index in [9.17, 15) is 26.3 Å². The fraction of sp³-hybridized carbons (Fsp3) is 0.391. The minimum absolute atomic E-state index is 0.0658. The molecular weight excluding hydrogens is 845 g/mol. The molecule has 0 radical (unpaired) electrons. The summed E-state index contributed by atoms with van der Waals surface area (Å²) in [6.45, 7) is 26.8. The molecule has 0 saturated heterocycles. The lowest BCUT2D eigenvalue weighted by atomic mass is 9.80. The van der Waals surface area contributed by atoms with Gasteiger partial charge in [0.2, 0.25) is 0 Å². The second-order valence-electron chi connectivity index (χ2n) is 16.3. The molecule has 4 aromatic carbocycles. The lowest BCUT2D eigenvalue weighted by Crippen LogP contribution is -2.43. The van der Waals surface area contributed by atoms with Crippen molar-refractivity contribution in [3.05, 3.63) is 123 Å². The van der Waals surface area contributed by atoms with E-state index in [0.717, 1.165) is 34.8 Å². The van der Waals surface area contributed by atoms with Gasteiger partial charge in [-0.05, 0) is 104 Å². The average molecular weight is 902 g/mol. The molecule has 0 heterocycles. The summed E-state index contributed by atoms with van der Waals surface area (Å²) >= 11 is 3.28. The van der Waals surface area contributed by atoms with E-state index < -0.39 is 52.4 Å². The molecule has 58 heavy (non-hydrogen) atoms. The lowest BCUT2D eigenvalue weighted by molar-refractivity contribution is 0.425. The zero-order valence-electron chi connectivity index (χ0n) is 35.5. The van der Waals surface area contributed by atoms with Gasteiger partial charge in [0.1, 0.15) is 27.8 Å². The highest BCUT2D eigenvalue weighted by molar-refractivity contribution is 9.10. The van der Waals surface area contributed by atoms with Gasteiger partial charge < -0.3 is 10.0 Å². The van der Waals surface area contributed by atoms with E-state index >= 15 is 0 Å². The van der Waals surface area contributed by atoms with Gasteiger partial charge in [-0.1, -0.05) is 129 Å². The van der Waals surface area contributed by atoms with Crippen molar-refractivity contribution in [1.82, 2.24) is 0 Å². The van der Waals surface area contributed by atoms with Crippen LogP contribution in [-0.4, -0.2) is 33.3 Å². The van der Waals surface area contributed by atoms with Crippen LogP contribution in [0.25, 0.3) is 11.1 Å². The van der Waals surface area contributed by atoms with Gasteiger partial charge in [-0.15, -0.1) is 11.1 Å². The number of halogens is 7. The molecule has 0 bridgehead atoms. The van der Waals surface area contributed by atoms with Crippen LogP contribution in [0.5, 0.6) is 0 Å². The van der Waals surface area contributed by atoms with Crippen LogP contribution in [0, 0.1) is 57.8 Å². The highest BCUT2D eigenvalue weighted by atomic mass is 79.9. The normalized spacial score (nSPS) is 11.5. The Morgan fingerprint density at radius 1 is 0.448 bits per heavy atom. The second-order valence-corrected chi connectivity index (χ2v) is 28.4. The molecule has 0 spiro atoms. The minimum Gasteiger partial charge on any atom is -0.423 e. The molecule has 312 valence electrons. The molecule has 0 atom stereocenters. The Morgan fingerprint density at radius 2 is 0.793 bits per heavy atom. The maximum Gasteiger partial charge on any atom is 0.488 e. The molecule has 4 aromatic rings. The maximum atomic E-state index is 14.6. The van der Waals surface area contributed by atoms with Crippen LogP contribution < -0.4 is 5.46 Å². The fourth-order valence-corrected chi connectivity index (χ4v) is 18.7. The molecule has 12 heteroatoms. The molecule has 0 aliphatic rings. The number of rotatable bonds is 8. The summed E-state index contributed by atoms with van der Waals surface area (Å²) in [6, 6.07) is 16.0. The summed E-state index contributed by atoms with van der Waals surface area (Å²) in [5.41, 5.74) is 11.9. The molecule has 0 unspecified atom stereocenters. The van der Waals surface area contributed by atoms with E-state index in [-0.39, 0.29) is 11.3 Å². The zero-order valence-corrected chi connectivity index (χ0v) is 39.1. The highest BCUT2D eigenvalue weighted by Gasteiger charge is 2.42. The monoisotopic (exact) mass is 900 g/mol. The Kier molecular flexibility index (Phi) is 19.4. The van der Waals surface area contributed by atoms with Crippen LogP contribution in [0.3, 0.4) is 0 Å². The summed E-state index contributed by atoms with van der Waals surface area (Å²) in [5, 5.41) is 17.0. The van der Waals surface area contributed by atoms with Gasteiger partial charge in [0.05, 0.1) is 11.1 Å². The first-order valence-electron chi connectivity index (χ1n) is 19.5. The standard InChI is InChI=1S/C23H27F3Si.C17H24BrFSi.C6H5BF2O2/c1-15(2)27(16(3)4,17(5)6)12-11-18-7-8-19(13-22(18)25)20-9-10-21(24)23(26)14-20;1-12(2)20(13(3)4,14(5)6)10-9-15-7-8-16(18)11-17(15)19;8-5-2-1-4(7(10)11)3-6(5)9/h7-10,13-17H,1-6H3;7-8,11-14H,1-6H3;1-3,10-11H. The van der Waals surface area contributed by atoms with Gasteiger partial charge >= 0.3 is 7.12 Å². The molecular formula is C46H56BBrF6O2Si2. The number of hydrogen-bond acceptors (Lipinski definition) is 2. The Morgan fingerprint density at radius 3 is 1.14 bits per heavy atom. The van der Waals surface area contributed by atoms with Crippen LogP contribution in [0.4, 0.5) is 26.3 Å². The van der Waals surface area contributed by atoms with Crippen LogP contribution in [0.2, 0.25) is 33.2 Å². The van der Waals surface area contributed by atoms with Gasteiger partial charge in [0.15, 0.2) is 23.3 Å². The maximum absolute atomic E-state index is 14.6. The Labute approximate surface area is 353 Å². The van der Waals surface area contributed by atoms with Crippen LogP contribution in [-0.2, 0) is 0 Å². The van der Waals surface area contributed by atoms with Gasteiger partial charge in [-0.3, -0.25) is 0 Å². The first kappa shape index (κ1) is 50.6. The predicted octanol–water partition coefficient (Wildman–Crippen LogP) is 13.1. The predicted molar refractivity (Wildman–Crippen MR) is 238 cm³/mol. The number of benzene rings is 4. The first-order valence-corrected chi connectivity index (χ1v) is 24.7. The van der Waals surface area contributed by atoms with Crippen molar-refractivity contribution in [3.8, 4) is 34.1 Å². The summed E-state index contributed by atoms with van der Waals surface area (Å²) in [4.78, 5) is 0. The summed E-state index contributed by atoms with van der Waals surface area (Å²) in [6.07, 6.45) is 0. The summed E-state index contributed by atoms with van der Waals surface area (Å²) < 4.78 is 80.4. The number of hydrogen-bond donors (Lipinski definition) is 2. The van der Waals surface area contributed by atoms with Crippen molar-refractivity contribution in [3.63, 3.8) is 0 Å². The van der Waals surface area contributed by atoms with E-state index in [4.69, 9.17) is 10.0 Å². The SMILES string of the molecule is CC(C)[Si](C#Cc1ccc(-c2ccc(F)c(F)c2)cc1F)(C(C)C)C(C)C.CC(C)[Si](C#Cc1ccc(Br)cc1F)(C(C)C)C(C)C.OB(O)c1ccc(F)c(F)c1. The van der Waals surface area contributed by atoms with Crippen LogP contribution in [0.15, 0.2) is 77.3 Å². The van der Waals surface area contributed by atoms with Gasteiger partial charge in [-0.2, -0.15) is 0 Å². The topological polar surface area (TPSA) is 40.5 Å². The lowest BCUT2D eigenvalue weighted by Gasteiger charge is -2.38. The Balaban J connectivity index is 0.000000327. The van der Waals surface area contributed by atoms with E-state index in [0.29, 0.717) is 55.5 Å². The third kappa shape index (κ3) is 12.7. The average Bonchev–Trinajstić information content (AvgIpc) is 3.12. The first-order chi connectivity index (χ1) is 26.9. The highest BCUT2D eigenvalue weighted by Crippen LogP contribution is 2.42. The van der Waals surface area contributed by atoms with E-state index in [1.54, 1.807) is 18.2 Å². The molecule has 0 saturated carbocycles. The largest absolute Gasteiger partial charge is 0.488 e. The van der Waals surface area contributed by atoms with Crippen molar-refractivity contribution < 1.29 is 36.4 Å². The molecule has 0 amide bonds. The van der Waals surface area contributed by atoms with E-state index in [1.165, 1.54) is 18.2 Å². The van der Waals surface area contributed by atoms with Crippen molar-refractivity contribution in [2.45, 2.75) is 116 Å². The molecule has 0 aliphatic heterocycles. The molecule has 4 rings (SSSR count). The zero-order chi connectivity index (χ0) is 44.3.